The van der Waals surface area contributed by atoms with Gasteiger partial charge in [-0.2, -0.15) is 0 Å². The van der Waals surface area contributed by atoms with Gasteiger partial charge in [-0.15, -0.1) is 10.2 Å². The van der Waals surface area contributed by atoms with Crippen molar-refractivity contribution in [3.8, 4) is 5.75 Å². The minimum absolute atomic E-state index is 0.0998. The van der Waals surface area contributed by atoms with Crippen molar-refractivity contribution in [2.24, 2.45) is 7.05 Å². The Labute approximate surface area is 206 Å². The van der Waals surface area contributed by atoms with E-state index in [-0.39, 0.29) is 30.7 Å². The average Bonchev–Trinajstić information content (AvgIpc) is 3.12. The van der Waals surface area contributed by atoms with Crippen LogP contribution >= 0.6 is 35.0 Å². The molecule has 2 amide bonds. The van der Waals surface area contributed by atoms with Crippen molar-refractivity contribution in [2.45, 2.75) is 25.5 Å². The highest BCUT2D eigenvalue weighted by Crippen LogP contribution is 2.26. The van der Waals surface area contributed by atoms with Crippen LogP contribution in [-0.2, 0) is 23.2 Å². The summed E-state index contributed by atoms with van der Waals surface area (Å²) in [6.07, 6.45) is 0. The molecule has 3 aromatic rings. The van der Waals surface area contributed by atoms with Crippen LogP contribution in [-0.4, -0.2) is 38.9 Å². The van der Waals surface area contributed by atoms with Crippen molar-refractivity contribution in [1.29, 1.82) is 0 Å². The lowest BCUT2D eigenvalue weighted by molar-refractivity contribution is -0.123. The van der Waals surface area contributed by atoms with Crippen LogP contribution in [0, 0.1) is 13.8 Å². The van der Waals surface area contributed by atoms with Crippen molar-refractivity contribution in [3.05, 3.63) is 63.4 Å². The summed E-state index contributed by atoms with van der Waals surface area (Å²) in [5.41, 5.74) is 2.39. The smallest absolute Gasteiger partial charge is 0.258 e. The van der Waals surface area contributed by atoms with Crippen molar-refractivity contribution in [2.75, 3.05) is 17.7 Å². The highest BCUT2D eigenvalue weighted by molar-refractivity contribution is 7.99. The molecule has 11 heteroatoms. The number of carbonyl (C=O) groups excluding carboxylic acids is 2. The first kappa shape index (κ1) is 24.9. The molecule has 0 aliphatic heterocycles. The molecular weight excluding hydrogens is 485 g/mol. The van der Waals surface area contributed by atoms with Gasteiger partial charge in [0.15, 0.2) is 17.6 Å². The first-order valence-corrected chi connectivity index (χ1v) is 11.7. The van der Waals surface area contributed by atoms with Gasteiger partial charge in [0.1, 0.15) is 5.75 Å². The van der Waals surface area contributed by atoms with E-state index < -0.39 is 0 Å². The molecule has 2 N–H and O–H groups in total. The Kier molecular flexibility index (Phi) is 8.60. The number of hydrogen-bond donors (Lipinski definition) is 2. The molecule has 1 heterocycles. The minimum Gasteiger partial charge on any atom is -0.483 e. The third-order valence-corrected chi connectivity index (χ3v) is 6.24. The number of nitrogens with zero attached hydrogens (tertiary/aromatic N) is 3. The van der Waals surface area contributed by atoms with Gasteiger partial charge in [0.2, 0.25) is 5.91 Å². The van der Waals surface area contributed by atoms with Crippen LogP contribution in [0.2, 0.25) is 10.0 Å². The number of halogens is 2. The summed E-state index contributed by atoms with van der Waals surface area (Å²) in [6.45, 7) is 3.95. The lowest BCUT2D eigenvalue weighted by atomic mass is 10.1. The van der Waals surface area contributed by atoms with E-state index >= 15 is 0 Å². The van der Waals surface area contributed by atoms with Crippen molar-refractivity contribution >= 4 is 52.5 Å². The molecule has 33 heavy (non-hydrogen) atoms. The van der Waals surface area contributed by atoms with Gasteiger partial charge in [0.05, 0.1) is 23.0 Å². The van der Waals surface area contributed by atoms with Gasteiger partial charge in [-0.1, -0.05) is 53.2 Å². The van der Waals surface area contributed by atoms with E-state index in [4.69, 9.17) is 27.9 Å². The molecule has 0 aliphatic carbocycles. The third kappa shape index (κ3) is 6.86. The fourth-order valence-electron chi connectivity index (χ4n) is 2.93. The highest BCUT2D eigenvalue weighted by atomic mass is 35.5. The average molecular weight is 508 g/mol. The fraction of sp³-hybridized carbons (Fsp3) is 0.273. The lowest BCUT2D eigenvalue weighted by Gasteiger charge is -2.12. The maximum absolute atomic E-state index is 12.3. The molecule has 3 rings (SSSR count). The molecule has 0 saturated carbocycles. The Bertz CT molecular complexity index is 1150. The maximum atomic E-state index is 12.3. The van der Waals surface area contributed by atoms with Crippen LogP contribution in [0.4, 0.5) is 5.69 Å². The Morgan fingerprint density at radius 1 is 1.09 bits per heavy atom. The van der Waals surface area contributed by atoms with Gasteiger partial charge < -0.3 is 19.9 Å². The molecule has 0 fully saturated rings. The topological polar surface area (TPSA) is 98.1 Å². The number of ether oxygens (including phenoxy) is 1. The van der Waals surface area contributed by atoms with Gasteiger partial charge in [-0.05, 0) is 43.2 Å². The number of para-hydroxylation sites is 1. The Morgan fingerprint density at radius 3 is 2.55 bits per heavy atom. The number of anilines is 1. The number of aryl methyl sites for hydroxylation is 2. The van der Waals surface area contributed by atoms with Crippen LogP contribution in [0.3, 0.4) is 0 Å². The van der Waals surface area contributed by atoms with E-state index in [1.807, 2.05) is 32.0 Å². The summed E-state index contributed by atoms with van der Waals surface area (Å²) in [7, 11) is 1.77. The maximum Gasteiger partial charge on any atom is 0.258 e. The summed E-state index contributed by atoms with van der Waals surface area (Å²) < 4.78 is 7.38. The van der Waals surface area contributed by atoms with Gasteiger partial charge >= 0.3 is 0 Å². The number of benzene rings is 2. The normalized spacial score (nSPS) is 10.7. The molecule has 1 aromatic heterocycles. The molecule has 0 bridgehead atoms. The van der Waals surface area contributed by atoms with Gasteiger partial charge in [0.25, 0.3) is 5.91 Å². The third-order valence-electron chi connectivity index (χ3n) is 4.66. The van der Waals surface area contributed by atoms with Gasteiger partial charge in [-0.25, -0.2) is 0 Å². The highest BCUT2D eigenvalue weighted by Gasteiger charge is 2.14. The molecule has 0 atom stereocenters. The summed E-state index contributed by atoms with van der Waals surface area (Å²) in [6, 6.07) is 10.6. The minimum atomic E-state index is -0.271. The number of rotatable bonds is 9. The van der Waals surface area contributed by atoms with E-state index in [1.165, 1.54) is 11.8 Å². The zero-order valence-corrected chi connectivity index (χ0v) is 20.6. The Hall–Kier alpha value is -2.75. The van der Waals surface area contributed by atoms with E-state index in [0.29, 0.717) is 32.5 Å². The van der Waals surface area contributed by atoms with Gasteiger partial charge in [0, 0.05) is 12.1 Å². The summed E-state index contributed by atoms with van der Waals surface area (Å²) in [5.74, 6) is 0.835. The van der Waals surface area contributed by atoms with Gasteiger partial charge in [-0.3, -0.25) is 9.59 Å². The van der Waals surface area contributed by atoms with Crippen molar-refractivity contribution < 1.29 is 14.3 Å². The molecule has 174 valence electrons. The summed E-state index contributed by atoms with van der Waals surface area (Å²) in [5, 5.41) is 15.1. The first-order chi connectivity index (χ1) is 15.7. The van der Waals surface area contributed by atoms with E-state index in [0.717, 1.165) is 11.1 Å². The molecule has 0 radical (unpaired) electrons. The number of nitrogens with one attached hydrogen (secondary N) is 2. The molecule has 2 aromatic carbocycles. The summed E-state index contributed by atoms with van der Waals surface area (Å²) >= 11 is 13.2. The predicted octanol–water partition coefficient (Wildman–Crippen LogP) is 4.16. The molecular formula is C22H23Cl2N5O3S. The number of hydrogen-bond acceptors (Lipinski definition) is 6. The number of thioether (sulfide) groups is 1. The molecule has 0 spiro atoms. The zero-order valence-electron chi connectivity index (χ0n) is 18.3. The quantitative estimate of drug-likeness (QED) is 0.421. The van der Waals surface area contributed by atoms with Crippen molar-refractivity contribution in [1.82, 2.24) is 20.1 Å². The molecule has 0 aliphatic rings. The Balaban J connectivity index is 1.47. The van der Waals surface area contributed by atoms with Crippen LogP contribution in [0.15, 0.2) is 41.6 Å². The largest absolute Gasteiger partial charge is 0.483 e. The van der Waals surface area contributed by atoms with Crippen LogP contribution in [0.25, 0.3) is 0 Å². The Morgan fingerprint density at radius 2 is 1.82 bits per heavy atom. The van der Waals surface area contributed by atoms with E-state index in [2.05, 4.69) is 20.8 Å². The SMILES string of the molecule is Cc1cccc(C)c1OCC(=O)NCc1nnc(SCC(=O)Nc2cc(Cl)ccc2Cl)n1C. The fourth-order valence-corrected chi connectivity index (χ4v) is 3.99. The number of amides is 2. The van der Waals surface area contributed by atoms with Crippen molar-refractivity contribution in [3.63, 3.8) is 0 Å². The standard InChI is InChI=1S/C22H23Cl2N5O3S/c1-13-5-4-6-14(2)21(13)32-11-19(30)25-10-18-27-28-22(29(18)3)33-12-20(31)26-17-9-15(23)7-8-16(17)24/h4-9H,10-12H2,1-3H3,(H,25,30)(H,26,31). The number of carbonyl (C=O) groups is 2. The second kappa shape index (κ2) is 11.4. The monoisotopic (exact) mass is 507 g/mol. The number of aromatic nitrogens is 3. The predicted molar refractivity (Wildman–Crippen MR) is 130 cm³/mol. The van der Waals surface area contributed by atoms with Crippen LogP contribution < -0.4 is 15.4 Å². The summed E-state index contributed by atoms with van der Waals surface area (Å²) in [4.78, 5) is 24.5. The van der Waals surface area contributed by atoms with Crippen LogP contribution in [0.1, 0.15) is 17.0 Å². The van der Waals surface area contributed by atoms with E-state index in [1.54, 1.807) is 29.8 Å². The lowest BCUT2D eigenvalue weighted by Crippen LogP contribution is -2.29. The van der Waals surface area contributed by atoms with Crippen LogP contribution in [0.5, 0.6) is 5.75 Å². The van der Waals surface area contributed by atoms with E-state index in [9.17, 15) is 9.59 Å². The molecule has 8 nitrogen and oxygen atoms in total. The molecule has 0 saturated heterocycles. The zero-order chi connectivity index (χ0) is 24.0. The molecule has 0 unspecified atom stereocenters. The second-order valence-electron chi connectivity index (χ2n) is 7.21. The first-order valence-electron chi connectivity index (χ1n) is 9.96. The second-order valence-corrected chi connectivity index (χ2v) is 8.99.